The molecule has 1 unspecified atom stereocenters. The first kappa shape index (κ1) is 19.8. The standard InChI is InChI=1S/C23H31NO3/c25-19-16-21(26)23-20(24-27-22(23)17-19)15-11-6-4-2-1-3-5-8-12-18-13-9-7-10-14-18/h7,9-10,13-14,19,25H,1-6,8,11-12,15-17H2. The molecule has 27 heavy (non-hydrogen) atoms. The third kappa shape index (κ3) is 6.03. The van der Waals surface area contributed by atoms with E-state index in [0.717, 1.165) is 18.5 Å². The fourth-order valence-corrected chi connectivity index (χ4v) is 3.92. The van der Waals surface area contributed by atoms with Gasteiger partial charge >= 0.3 is 0 Å². The topological polar surface area (TPSA) is 63.3 Å². The van der Waals surface area contributed by atoms with Crippen LogP contribution in [0.15, 0.2) is 34.9 Å². The van der Waals surface area contributed by atoms with Crippen molar-refractivity contribution in [3.63, 3.8) is 0 Å². The molecule has 0 bridgehead atoms. The fourth-order valence-electron chi connectivity index (χ4n) is 3.92. The number of nitrogens with zero attached hydrogens (tertiary/aromatic N) is 1. The van der Waals surface area contributed by atoms with E-state index in [1.54, 1.807) is 0 Å². The van der Waals surface area contributed by atoms with Gasteiger partial charge in [0.05, 0.1) is 17.4 Å². The third-order valence-corrected chi connectivity index (χ3v) is 5.43. The molecule has 0 saturated heterocycles. The smallest absolute Gasteiger partial charge is 0.170 e. The van der Waals surface area contributed by atoms with E-state index in [4.69, 9.17) is 4.52 Å². The zero-order chi connectivity index (χ0) is 18.9. The van der Waals surface area contributed by atoms with Gasteiger partial charge < -0.3 is 9.63 Å². The van der Waals surface area contributed by atoms with Crippen LogP contribution in [-0.4, -0.2) is 22.2 Å². The van der Waals surface area contributed by atoms with Crippen molar-refractivity contribution in [2.75, 3.05) is 0 Å². The van der Waals surface area contributed by atoms with Crippen LogP contribution < -0.4 is 0 Å². The predicted molar refractivity (Wildman–Crippen MR) is 106 cm³/mol. The Morgan fingerprint density at radius 1 is 0.889 bits per heavy atom. The minimum absolute atomic E-state index is 0.0181. The lowest BCUT2D eigenvalue weighted by atomic mass is 9.91. The predicted octanol–water partition coefficient (Wildman–Crippen LogP) is 5.07. The summed E-state index contributed by atoms with van der Waals surface area (Å²) in [6, 6.07) is 10.7. The largest absolute Gasteiger partial charge is 0.392 e. The fraction of sp³-hybridized carbons (Fsp3) is 0.565. The number of fused-ring (bicyclic) bond motifs is 1. The van der Waals surface area contributed by atoms with Crippen molar-refractivity contribution in [2.24, 2.45) is 0 Å². The number of carbonyl (C=O) groups is 1. The van der Waals surface area contributed by atoms with E-state index >= 15 is 0 Å². The molecule has 0 radical (unpaired) electrons. The summed E-state index contributed by atoms with van der Waals surface area (Å²) in [6.07, 6.45) is 12.0. The molecular weight excluding hydrogens is 338 g/mol. The molecule has 1 aromatic heterocycles. The average molecular weight is 370 g/mol. The van der Waals surface area contributed by atoms with E-state index in [2.05, 4.69) is 35.5 Å². The summed E-state index contributed by atoms with van der Waals surface area (Å²) in [5.41, 5.74) is 2.89. The summed E-state index contributed by atoms with van der Waals surface area (Å²) < 4.78 is 5.26. The van der Waals surface area contributed by atoms with Crippen molar-refractivity contribution in [3.05, 3.63) is 52.9 Å². The molecule has 0 fully saturated rings. The van der Waals surface area contributed by atoms with Crippen LogP contribution in [0, 0.1) is 0 Å². The Hall–Kier alpha value is -1.94. The second kappa shape index (κ2) is 10.4. The van der Waals surface area contributed by atoms with E-state index in [1.165, 1.54) is 56.9 Å². The summed E-state index contributed by atoms with van der Waals surface area (Å²) in [6.45, 7) is 0. The van der Waals surface area contributed by atoms with Crippen molar-refractivity contribution < 1.29 is 14.4 Å². The van der Waals surface area contributed by atoms with Crippen LogP contribution in [-0.2, 0) is 19.3 Å². The Morgan fingerprint density at radius 3 is 2.22 bits per heavy atom. The Balaban J connectivity index is 1.22. The highest BCUT2D eigenvalue weighted by atomic mass is 16.5. The zero-order valence-corrected chi connectivity index (χ0v) is 16.2. The molecule has 146 valence electrons. The molecule has 0 spiro atoms. The van der Waals surface area contributed by atoms with Crippen LogP contribution in [0.1, 0.15) is 85.2 Å². The molecule has 1 atom stereocenters. The molecule has 1 N–H and O–H groups in total. The molecule has 1 aliphatic carbocycles. The number of aromatic nitrogens is 1. The van der Waals surface area contributed by atoms with Crippen molar-refractivity contribution in [2.45, 2.75) is 83.2 Å². The van der Waals surface area contributed by atoms with Crippen LogP contribution in [0.25, 0.3) is 0 Å². The Kier molecular flexibility index (Phi) is 7.64. The SMILES string of the molecule is O=C1CC(O)Cc2onc(CCCCCCCCCCc3ccccc3)c21. The van der Waals surface area contributed by atoms with Gasteiger partial charge in [-0.15, -0.1) is 0 Å². The lowest BCUT2D eigenvalue weighted by molar-refractivity contribution is 0.0834. The van der Waals surface area contributed by atoms with Crippen LogP contribution in [0.5, 0.6) is 0 Å². The van der Waals surface area contributed by atoms with Gasteiger partial charge in [0, 0.05) is 12.8 Å². The first-order valence-electron chi connectivity index (χ1n) is 10.5. The number of hydrogen-bond donors (Lipinski definition) is 1. The number of Topliss-reactive ketones (excluding diaryl/α,β-unsaturated/α-hetero) is 1. The molecule has 1 aliphatic rings. The molecule has 1 heterocycles. The summed E-state index contributed by atoms with van der Waals surface area (Å²) >= 11 is 0. The third-order valence-electron chi connectivity index (χ3n) is 5.43. The number of benzene rings is 1. The summed E-state index contributed by atoms with van der Waals surface area (Å²) in [5.74, 6) is 0.555. The lowest BCUT2D eigenvalue weighted by Gasteiger charge is -2.14. The number of carbonyl (C=O) groups excluding carboxylic acids is 1. The van der Waals surface area contributed by atoms with E-state index < -0.39 is 6.10 Å². The minimum atomic E-state index is -0.613. The Labute approximate surface area is 162 Å². The molecule has 0 saturated carbocycles. The van der Waals surface area contributed by atoms with Gasteiger partial charge in [-0.3, -0.25) is 4.79 Å². The van der Waals surface area contributed by atoms with Crippen LogP contribution >= 0.6 is 0 Å². The number of hydrogen-bond acceptors (Lipinski definition) is 4. The number of rotatable bonds is 11. The van der Waals surface area contributed by atoms with E-state index in [1.807, 2.05) is 0 Å². The van der Waals surface area contributed by atoms with E-state index in [-0.39, 0.29) is 12.2 Å². The van der Waals surface area contributed by atoms with Gasteiger partial charge in [0.15, 0.2) is 5.78 Å². The summed E-state index contributed by atoms with van der Waals surface area (Å²) in [5, 5.41) is 13.7. The maximum Gasteiger partial charge on any atom is 0.170 e. The Bertz CT molecular complexity index is 708. The van der Waals surface area contributed by atoms with E-state index in [9.17, 15) is 9.90 Å². The number of ketones is 1. The zero-order valence-electron chi connectivity index (χ0n) is 16.2. The van der Waals surface area contributed by atoms with Gasteiger partial charge in [0.25, 0.3) is 0 Å². The minimum Gasteiger partial charge on any atom is -0.392 e. The molecular formula is C23H31NO3. The number of aryl methyl sites for hydroxylation is 2. The van der Waals surface area contributed by atoms with Crippen LogP contribution in [0.4, 0.5) is 0 Å². The first-order valence-corrected chi connectivity index (χ1v) is 10.5. The molecule has 0 amide bonds. The maximum atomic E-state index is 12.1. The molecule has 4 nitrogen and oxygen atoms in total. The summed E-state index contributed by atoms with van der Waals surface area (Å²) in [4.78, 5) is 12.1. The molecule has 4 heteroatoms. The molecule has 3 rings (SSSR count). The second-order valence-corrected chi connectivity index (χ2v) is 7.73. The molecule has 2 aromatic rings. The van der Waals surface area contributed by atoms with E-state index in [0.29, 0.717) is 17.7 Å². The highest BCUT2D eigenvalue weighted by molar-refractivity contribution is 5.99. The van der Waals surface area contributed by atoms with Crippen molar-refractivity contribution >= 4 is 5.78 Å². The van der Waals surface area contributed by atoms with Gasteiger partial charge in [0.2, 0.25) is 0 Å². The van der Waals surface area contributed by atoms with Crippen molar-refractivity contribution in [1.82, 2.24) is 5.16 Å². The van der Waals surface area contributed by atoms with Crippen molar-refractivity contribution in [1.29, 1.82) is 0 Å². The Morgan fingerprint density at radius 2 is 1.52 bits per heavy atom. The van der Waals surface area contributed by atoms with Gasteiger partial charge in [-0.25, -0.2) is 0 Å². The quantitative estimate of drug-likeness (QED) is 0.562. The summed E-state index contributed by atoms with van der Waals surface area (Å²) in [7, 11) is 0. The van der Waals surface area contributed by atoms with Gasteiger partial charge in [-0.1, -0.05) is 74.0 Å². The number of unbranched alkanes of at least 4 members (excludes halogenated alkanes) is 7. The molecule has 1 aromatic carbocycles. The maximum absolute atomic E-state index is 12.1. The van der Waals surface area contributed by atoms with Gasteiger partial charge in [-0.2, -0.15) is 0 Å². The van der Waals surface area contributed by atoms with Gasteiger partial charge in [0.1, 0.15) is 5.76 Å². The average Bonchev–Trinajstić information content (AvgIpc) is 3.07. The second-order valence-electron chi connectivity index (χ2n) is 7.73. The lowest BCUT2D eigenvalue weighted by Crippen LogP contribution is -2.23. The number of aliphatic hydroxyl groups excluding tert-OH is 1. The van der Waals surface area contributed by atoms with Crippen LogP contribution in [0.3, 0.4) is 0 Å². The number of aliphatic hydroxyl groups is 1. The van der Waals surface area contributed by atoms with Crippen LogP contribution in [0.2, 0.25) is 0 Å². The molecule has 0 aliphatic heterocycles. The monoisotopic (exact) mass is 369 g/mol. The highest BCUT2D eigenvalue weighted by Crippen LogP contribution is 2.26. The first-order chi connectivity index (χ1) is 13.2. The highest BCUT2D eigenvalue weighted by Gasteiger charge is 2.30. The van der Waals surface area contributed by atoms with Gasteiger partial charge in [-0.05, 0) is 31.2 Å². The van der Waals surface area contributed by atoms with Crippen molar-refractivity contribution in [3.8, 4) is 0 Å². The normalized spacial score (nSPS) is 16.5.